The fourth-order valence-corrected chi connectivity index (χ4v) is 1.81. The Morgan fingerprint density at radius 2 is 2.53 bits per heavy atom. The van der Waals surface area contributed by atoms with Crippen LogP contribution in [0.25, 0.3) is 0 Å². The number of rotatable bonds is 4. The lowest BCUT2D eigenvalue weighted by Gasteiger charge is -2.11. The first-order chi connectivity index (χ1) is 7.36. The highest BCUT2D eigenvalue weighted by molar-refractivity contribution is 5.60. The first-order valence-electron chi connectivity index (χ1n) is 5.42. The van der Waals surface area contributed by atoms with Crippen molar-refractivity contribution in [1.29, 1.82) is 0 Å². The summed E-state index contributed by atoms with van der Waals surface area (Å²) in [6, 6.07) is 3.82. The van der Waals surface area contributed by atoms with Gasteiger partial charge in [0.15, 0.2) is 0 Å². The second-order valence-electron chi connectivity index (χ2n) is 3.79. The zero-order chi connectivity index (χ0) is 10.5. The molecule has 1 fully saturated rings. The fraction of sp³-hybridized carbons (Fsp3) is 0.545. The van der Waals surface area contributed by atoms with Gasteiger partial charge in [-0.15, -0.1) is 0 Å². The normalized spacial score (nSPS) is 20.4. The molecule has 2 rings (SSSR count). The highest BCUT2D eigenvalue weighted by atomic mass is 16.5. The predicted octanol–water partition coefficient (Wildman–Crippen LogP) is 1.64. The number of anilines is 2. The van der Waals surface area contributed by atoms with Crippen molar-refractivity contribution in [2.45, 2.75) is 25.4 Å². The van der Waals surface area contributed by atoms with Crippen molar-refractivity contribution in [3.63, 3.8) is 0 Å². The van der Waals surface area contributed by atoms with Gasteiger partial charge in [-0.2, -0.15) is 0 Å². The number of nitrogens with one attached hydrogen (secondary N) is 1. The van der Waals surface area contributed by atoms with E-state index in [2.05, 4.69) is 10.3 Å². The summed E-state index contributed by atoms with van der Waals surface area (Å²) >= 11 is 0. The molecule has 15 heavy (non-hydrogen) atoms. The molecule has 0 bridgehead atoms. The molecule has 1 unspecified atom stereocenters. The lowest BCUT2D eigenvalue weighted by atomic mass is 10.2. The average molecular weight is 207 g/mol. The van der Waals surface area contributed by atoms with Crippen molar-refractivity contribution in [3.8, 4) is 0 Å². The number of ether oxygens (including phenoxy) is 1. The van der Waals surface area contributed by atoms with Crippen LogP contribution in [0.4, 0.5) is 11.5 Å². The Balaban J connectivity index is 1.75. The number of aromatic nitrogens is 1. The summed E-state index contributed by atoms with van der Waals surface area (Å²) in [5.41, 5.74) is 6.62. The van der Waals surface area contributed by atoms with Crippen molar-refractivity contribution in [1.82, 2.24) is 4.98 Å². The Hall–Kier alpha value is -1.29. The smallest absolute Gasteiger partial charge is 0.146 e. The van der Waals surface area contributed by atoms with Crippen LogP contribution in [0.5, 0.6) is 0 Å². The summed E-state index contributed by atoms with van der Waals surface area (Å²) in [6.45, 7) is 1.81. The third-order valence-electron chi connectivity index (χ3n) is 2.64. The number of nitrogens with zero attached hydrogens (tertiary/aromatic N) is 1. The molecule has 3 N–H and O–H groups in total. The van der Waals surface area contributed by atoms with E-state index < -0.39 is 0 Å². The summed E-state index contributed by atoms with van der Waals surface area (Å²) in [4.78, 5) is 4.01. The Morgan fingerprint density at radius 3 is 3.27 bits per heavy atom. The van der Waals surface area contributed by atoms with Crippen molar-refractivity contribution in [3.05, 3.63) is 18.3 Å². The van der Waals surface area contributed by atoms with Crippen LogP contribution in [0.1, 0.15) is 19.3 Å². The van der Waals surface area contributed by atoms with Crippen molar-refractivity contribution < 1.29 is 4.74 Å². The molecule has 1 aromatic rings. The number of hydrogen-bond donors (Lipinski definition) is 2. The maximum absolute atomic E-state index is 5.71. The minimum Gasteiger partial charge on any atom is -0.382 e. The minimum absolute atomic E-state index is 0.426. The summed E-state index contributed by atoms with van der Waals surface area (Å²) in [5, 5.41) is 3.27. The van der Waals surface area contributed by atoms with E-state index in [4.69, 9.17) is 10.5 Å². The number of pyridine rings is 1. The summed E-state index contributed by atoms with van der Waals surface area (Å²) in [6.07, 6.45) is 5.54. The van der Waals surface area contributed by atoms with Crippen LogP contribution >= 0.6 is 0 Å². The van der Waals surface area contributed by atoms with Crippen LogP contribution in [0.15, 0.2) is 18.3 Å². The maximum atomic E-state index is 5.71. The lowest BCUT2D eigenvalue weighted by Crippen LogP contribution is -2.13. The van der Waals surface area contributed by atoms with Gasteiger partial charge >= 0.3 is 0 Å². The third-order valence-corrected chi connectivity index (χ3v) is 2.64. The molecule has 1 aromatic heterocycles. The monoisotopic (exact) mass is 207 g/mol. The summed E-state index contributed by atoms with van der Waals surface area (Å²) < 4.78 is 5.53. The molecule has 2 heterocycles. The van der Waals surface area contributed by atoms with Crippen LogP contribution in [0.3, 0.4) is 0 Å². The zero-order valence-corrected chi connectivity index (χ0v) is 8.78. The van der Waals surface area contributed by atoms with Crippen LogP contribution in [0.2, 0.25) is 0 Å². The molecule has 1 aliphatic rings. The highest BCUT2D eigenvalue weighted by Gasteiger charge is 2.14. The van der Waals surface area contributed by atoms with Gasteiger partial charge in [-0.1, -0.05) is 0 Å². The molecule has 0 aromatic carbocycles. The second-order valence-corrected chi connectivity index (χ2v) is 3.79. The molecule has 0 amide bonds. The Morgan fingerprint density at radius 1 is 1.60 bits per heavy atom. The van der Waals surface area contributed by atoms with E-state index in [1.165, 1.54) is 12.8 Å². The molecule has 1 saturated heterocycles. The number of nitrogen functional groups attached to an aromatic ring is 1. The molecule has 0 spiro atoms. The van der Waals surface area contributed by atoms with Gasteiger partial charge < -0.3 is 15.8 Å². The lowest BCUT2D eigenvalue weighted by molar-refractivity contribution is 0.107. The molecule has 0 saturated carbocycles. The number of nitrogens with two attached hydrogens (primary N) is 1. The Kier molecular flexibility index (Phi) is 3.40. The van der Waals surface area contributed by atoms with Gasteiger partial charge in [0, 0.05) is 19.3 Å². The molecule has 0 radical (unpaired) electrons. The van der Waals surface area contributed by atoms with E-state index in [-0.39, 0.29) is 0 Å². The van der Waals surface area contributed by atoms with E-state index in [0.717, 1.165) is 25.3 Å². The van der Waals surface area contributed by atoms with E-state index in [0.29, 0.717) is 11.9 Å². The quantitative estimate of drug-likeness (QED) is 0.788. The van der Waals surface area contributed by atoms with Crippen molar-refractivity contribution >= 4 is 11.5 Å². The van der Waals surface area contributed by atoms with Gasteiger partial charge in [0.05, 0.1) is 11.8 Å². The highest BCUT2D eigenvalue weighted by Crippen LogP contribution is 2.17. The molecule has 82 valence electrons. The summed E-state index contributed by atoms with van der Waals surface area (Å²) in [5.74, 6) is 0.560. The van der Waals surface area contributed by atoms with Crippen molar-refractivity contribution in [2.75, 3.05) is 24.2 Å². The van der Waals surface area contributed by atoms with Gasteiger partial charge in [0.2, 0.25) is 0 Å². The fourth-order valence-electron chi connectivity index (χ4n) is 1.81. The van der Waals surface area contributed by atoms with Gasteiger partial charge in [-0.05, 0) is 31.4 Å². The Labute approximate surface area is 89.8 Å². The van der Waals surface area contributed by atoms with Gasteiger partial charge in [0.1, 0.15) is 5.82 Å². The zero-order valence-electron chi connectivity index (χ0n) is 8.78. The number of hydrogen-bond acceptors (Lipinski definition) is 4. The van der Waals surface area contributed by atoms with Gasteiger partial charge in [-0.3, -0.25) is 0 Å². The standard InChI is InChI=1S/C11H17N3O/c12-11-10(4-1-6-14-11)13-7-5-9-3-2-8-15-9/h1,4,6,9,13H,2-3,5,7-8H2,(H2,12,14). The van der Waals surface area contributed by atoms with Crippen molar-refractivity contribution in [2.24, 2.45) is 0 Å². The first kappa shape index (κ1) is 10.2. The molecule has 4 nitrogen and oxygen atoms in total. The topological polar surface area (TPSA) is 60.2 Å². The second kappa shape index (κ2) is 4.98. The van der Waals surface area contributed by atoms with E-state index in [1.807, 2.05) is 12.1 Å². The maximum Gasteiger partial charge on any atom is 0.146 e. The molecule has 1 atom stereocenters. The minimum atomic E-state index is 0.426. The molecular weight excluding hydrogens is 190 g/mol. The van der Waals surface area contributed by atoms with Gasteiger partial charge in [0.25, 0.3) is 0 Å². The molecule has 0 aliphatic carbocycles. The van der Waals surface area contributed by atoms with E-state index in [1.54, 1.807) is 6.20 Å². The van der Waals surface area contributed by atoms with Crippen LogP contribution in [0, 0.1) is 0 Å². The first-order valence-corrected chi connectivity index (χ1v) is 5.42. The van der Waals surface area contributed by atoms with Gasteiger partial charge in [-0.25, -0.2) is 4.98 Å². The average Bonchev–Trinajstić information content (AvgIpc) is 2.74. The summed E-state index contributed by atoms with van der Waals surface area (Å²) in [7, 11) is 0. The predicted molar refractivity (Wildman–Crippen MR) is 60.7 cm³/mol. The Bertz CT molecular complexity index is 310. The van der Waals surface area contributed by atoms with Crippen LogP contribution in [-0.2, 0) is 4.74 Å². The van der Waals surface area contributed by atoms with Crippen LogP contribution in [-0.4, -0.2) is 24.2 Å². The van der Waals surface area contributed by atoms with E-state index in [9.17, 15) is 0 Å². The molecule has 1 aliphatic heterocycles. The molecule has 4 heteroatoms. The SMILES string of the molecule is Nc1ncccc1NCCC1CCCO1. The van der Waals surface area contributed by atoms with Crippen LogP contribution < -0.4 is 11.1 Å². The third kappa shape index (κ3) is 2.83. The molecular formula is C11H17N3O. The van der Waals surface area contributed by atoms with E-state index >= 15 is 0 Å². The largest absolute Gasteiger partial charge is 0.382 e.